The molecule has 0 unspecified atom stereocenters. The van der Waals surface area contributed by atoms with Crippen molar-refractivity contribution in [2.75, 3.05) is 0 Å². The van der Waals surface area contributed by atoms with Crippen LogP contribution in [-0.2, 0) is 6.54 Å². The summed E-state index contributed by atoms with van der Waals surface area (Å²) in [5.74, 6) is -0.177. The number of carbonyl (C=O) groups excluding carboxylic acids is 1. The molecule has 4 rings (SSSR count). The number of carbonyl (C=O) groups is 1. The highest BCUT2D eigenvalue weighted by molar-refractivity contribution is 6.23. The Balaban J connectivity index is 2.09. The molecule has 2 aromatic carbocycles. The highest BCUT2D eigenvalue weighted by atomic mass is 19.1. The Morgan fingerprint density at radius 1 is 0.957 bits per heavy atom. The minimum Gasteiger partial charge on any atom is -0.341 e. The number of hydrogen-bond acceptors (Lipinski definition) is 1. The van der Waals surface area contributed by atoms with E-state index < -0.39 is 0 Å². The van der Waals surface area contributed by atoms with Crippen molar-refractivity contribution < 1.29 is 9.18 Å². The lowest BCUT2D eigenvalue weighted by molar-refractivity contribution is 0.103. The zero-order valence-electron chi connectivity index (χ0n) is 13.1. The zero-order chi connectivity index (χ0) is 16.1. The molecule has 3 heteroatoms. The number of hydrogen-bond donors (Lipinski definition) is 0. The lowest BCUT2D eigenvalue weighted by Crippen LogP contribution is -2.07. The minimum atomic E-state index is -0.255. The Bertz CT molecular complexity index is 935. The summed E-state index contributed by atoms with van der Waals surface area (Å²) in [5.41, 5.74) is 6.48. The Morgan fingerprint density at radius 2 is 1.61 bits per heavy atom. The van der Waals surface area contributed by atoms with E-state index in [1.54, 1.807) is 12.1 Å². The van der Waals surface area contributed by atoms with Crippen molar-refractivity contribution in [3.05, 3.63) is 71.3 Å². The molecule has 0 atom stereocenters. The van der Waals surface area contributed by atoms with Crippen LogP contribution in [0.15, 0.2) is 48.5 Å². The van der Waals surface area contributed by atoms with E-state index in [1.165, 1.54) is 12.1 Å². The van der Waals surface area contributed by atoms with E-state index in [2.05, 4.69) is 4.57 Å². The molecular weight excluding hydrogens is 289 g/mol. The highest BCUT2D eigenvalue weighted by Crippen LogP contribution is 2.46. The summed E-state index contributed by atoms with van der Waals surface area (Å²) in [6, 6.07) is 14.2. The van der Waals surface area contributed by atoms with E-state index >= 15 is 0 Å². The van der Waals surface area contributed by atoms with Crippen LogP contribution in [0.4, 0.5) is 4.39 Å². The number of ketones is 1. The van der Waals surface area contributed by atoms with Crippen molar-refractivity contribution in [2.45, 2.75) is 20.4 Å². The molecule has 1 aromatic heterocycles. The summed E-state index contributed by atoms with van der Waals surface area (Å²) in [6.07, 6.45) is 0. The van der Waals surface area contributed by atoms with Gasteiger partial charge >= 0.3 is 0 Å². The molecule has 0 aliphatic heterocycles. The predicted octanol–water partition coefficient (Wildman–Crippen LogP) is 4.83. The van der Waals surface area contributed by atoms with Gasteiger partial charge < -0.3 is 4.57 Å². The summed E-state index contributed by atoms with van der Waals surface area (Å²) < 4.78 is 15.4. The standard InChI is InChI=1S/C20H16FNO/c1-3-22-12(2)17(13-8-10-14(21)11-9-13)18-15-6-4-5-7-16(15)20(23)19(18)22/h4-11H,3H2,1-2H3. The highest BCUT2D eigenvalue weighted by Gasteiger charge is 2.34. The van der Waals surface area contributed by atoms with Crippen molar-refractivity contribution in [1.82, 2.24) is 4.57 Å². The number of nitrogens with zero attached hydrogens (tertiary/aromatic N) is 1. The molecule has 0 saturated heterocycles. The normalized spacial score (nSPS) is 12.4. The number of rotatable bonds is 2. The van der Waals surface area contributed by atoms with Crippen LogP contribution in [0.1, 0.15) is 28.7 Å². The van der Waals surface area contributed by atoms with Crippen LogP contribution in [0.3, 0.4) is 0 Å². The van der Waals surface area contributed by atoms with Gasteiger partial charge in [0, 0.05) is 28.9 Å². The monoisotopic (exact) mass is 305 g/mol. The van der Waals surface area contributed by atoms with Crippen LogP contribution in [0.2, 0.25) is 0 Å². The second-order valence-corrected chi connectivity index (χ2v) is 5.81. The summed E-state index contributed by atoms with van der Waals surface area (Å²) in [6.45, 7) is 4.80. The number of aromatic nitrogens is 1. The Kier molecular flexibility index (Phi) is 2.98. The lowest BCUT2D eigenvalue weighted by atomic mass is 9.97. The zero-order valence-corrected chi connectivity index (χ0v) is 13.1. The maximum atomic E-state index is 13.3. The molecule has 2 nitrogen and oxygen atoms in total. The van der Waals surface area contributed by atoms with Crippen LogP contribution in [0.5, 0.6) is 0 Å². The van der Waals surface area contributed by atoms with Crippen LogP contribution >= 0.6 is 0 Å². The number of halogens is 1. The summed E-state index contributed by atoms with van der Waals surface area (Å²) in [4.78, 5) is 12.8. The third-order valence-electron chi connectivity index (χ3n) is 4.63. The molecule has 0 amide bonds. The van der Waals surface area contributed by atoms with Gasteiger partial charge in [0.2, 0.25) is 5.78 Å². The summed E-state index contributed by atoms with van der Waals surface area (Å²) >= 11 is 0. The largest absolute Gasteiger partial charge is 0.341 e. The molecule has 114 valence electrons. The molecule has 0 spiro atoms. The second-order valence-electron chi connectivity index (χ2n) is 5.81. The first-order valence-electron chi connectivity index (χ1n) is 7.76. The fourth-order valence-corrected chi connectivity index (χ4v) is 3.63. The van der Waals surface area contributed by atoms with Crippen LogP contribution < -0.4 is 0 Å². The van der Waals surface area contributed by atoms with Gasteiger partial charge in [-0.1, -0.05) is 36.4 Å². The summed E-state index contributed by atoms with van der Waals surface area (Å²) in [5, 5.41) is 0. The van der Waals surface area contributed by atoms with Gasteiger partial charge in [-0.15, -0.1) is 0 Å². The third kappa shape index (κ3) is 1.83. The molecule has 1 aliphatic carbocycles. The van der Waals surface area contributed by atoms with E-state index in [4.69, 9.17) is 0 Å². The van der Waals surface area contributed by atoms with Crippen LogP contribution in [0.25, 0.3) is 22.3 Å². The first kappa shape index (κ1) is 13.9. The molecule has 0 bridgehead atoms. The van der Waals surface area contributed by atoms with Gasteiger partial charge in [0.25, 0.3) is 0 Å². The molecule has 0 saturated carbocycles. The maximum Gasteiger partial charge on any atom is 0.210 e. The van der Waals surface area contributed by atoms with Crippen molar-refractivity contribution in [1.29, 1.82) is 0 Å². The van der Waals surface area contributed by atoms with Crippen molar-refractivity contribution in [3.63, 3.8) is 0 Å². The van der Waals surface area contributed by atoms with Crippen LogP contribution in [-0.4, -0.2) is 10.4 Å². The first-order valence-corrected chi connectivity index (χ1v) is 7.76. The van der Waals surface area contributed by atoms with E-state index in [0.29, 0.717) is 0 Å². The SMILES string of the molecule is CCn1c(C)c(-c2ccc(F)cc2)c2c1C(=O)c1ccccc1-2. The van der Waals surface area contributed by atoms with Gasteiger partial charge in [0.05, 0.1) is 5.69 Å². The molecule has 0 N–H and O–H groups in total. The molecule has 1 aliphatic rings. The fraction of sp³-hybridized carbons (Fsp3) is 0.150. The number of benzene rings is 2. The molecule has 23 heavy (non-hydrogen) atoms. The topological polar surface area (TPSA) is 22.0 Å². The molecule has 3 aromatic rings. The summed E-state index contributed by atoms with van der Waals surface area (Å²) in [7, 11) is 0. The fourth-order valence-electron chi connectivity index (χ4n) is 3.63. The smallest absolute Gasteiger partial charge is 0.210 e. The average molecular weight is 305 g/mol. The molecular formula is C20H16FNO. The maximum absolute atomic E-state index is 13.3. The van der Waals surface area contributed by atoms with Crippen molar-refractivity contribution in [3.8, 4) is 22.3 Å². The van der Waals surface area contributed by atoms with Gasteiger partial charge in [0.15, 0.2) is 0 Å². The van der Waals surface area contributed by atoms with E-state index in [9.17, 15) is 9.18 Å². The van der Waals surface area contributed by atoms with E-state index in [1.807, 2.05) is 38.1 Å². The van der Waals surface area contributed by atoms with Crippen molar-refractivity contribution >= 4 is 5.78 Å². The average Bonchev–Trinajstić information content (AvgIpc) is 3.01. The van der Waals surface area contributed by atoms with Gasteiger partial charge in [0.1, 0.15) is 5.82 Å². The van der Waals surface area contributed by atoms with Crippen LogP contribution in [0, 0.1) is 12.7 Å². The third-order valence-corrected chi connectivity index (χ3v) is 4.63. The van der Waals surface area contributed by atoms with Gasteiger partial charge in [-0.2, -0.15) is 0 Å². The molecule has 0 fully saturated rings. The van der Waals surface area contributed by atoms with E-state index in [0.717, 1.165) is 45.7 Å². The quantitative estimate of drug-likeness (QED) is 0.519. The second kappa shape index (κ2) is 4.92. The van der Waals surface area contributed by atoms with Gasteiger partial charge in [-0.3, -0.25) is 4.79 Å². The molecule has 1 heterocycles. The van der Waals surface area contributed by atoms with Gasteiger partial charge in [-0.05, 0) is 37.1 Å². The Hall–Kier alpha value is -2.68. The lowest BCUT2D eigenvalue weighted by Gasteiger charge is -2.09. The molecule has 0 radical (unpaired) electrons. The van der Waals surface area contributed by atoms with Gasteiger partial charge in [-0.25, -0.2) is 4.39 Å². The predicted molar refractivity (Wildman–Crippen MR) is 89.1 cm³/mol. The Labute approximate surface area is 134 Å². The first-order chi connectivity index (χ1) is 11.1. The van der Waals surface area contributed by atoms with Crippen molar-refractivity contribution in [2.24, 2.45) is 0 Å². The van der Waals surface area contributed by atoms with E-state index in [-0.39, 0.29) is 11.6 Å². The Morgan fingerprint density at radius 3 is 2.26 bits per heavy atom. The minimum absolute atomic E-state index is 0.0777. The number of fused-ring (bicyclic) bond motifs is 3.